The summed E-state index contributed by atoms with van der Waals surface area (Å²) in [4.78, 5) is 26.8. The second-order valence-electron chi connectivity index (χ2n) is 2.90. The third-order valence-corrected chi connectivity index (χ3v) is 2.34. The SMILES string of the molecule is COC(=O)c1nc(C)ccc1C(=O)CBr. The molecule has 0 aliphatic rings. The van der Waals surface area contributed by atoms with Crippen LogP contribution < -0.4 is 0 Å². The van der Waals surface area contributed by atoms with E-state index >= 15 is 0 Å². The van der Waals surface area contributed by atoms with Gasteiger partial charge in [0, 0.05) is 5.69 Å². The lowest BCUT2D eigenvalue weighted by Crippen LogP contribution is -2.14. The van der Waals surface area contributed by atoms with Crippen LogP contribution in [0.15, 0.2) is 12.1 Å². The van der Waals surface area contributed by atoms with Crippen LogP contribution in [0.4, 0.5) is 0 Å². The highest BCUT2D eigenvalue weighted by Gasteiger charge is 2.18. The summed E-state index contributed by atoms with van der Waals surface area (Å²) in [5, 5.41) is 0.154. The molecular formula is C10H10BrNO3. The summed E-state index contributed by atoms with van der Waals surface area (Å²) in [7, 11) is 1.26. The van der Waals surface area contributed by atoms with Crippen molar-refractivity contribution in [3.8, 4) is 0 Å². The molecule has 1 heterocycles. The average Bonchev–Trinajstić information content (AvgIpc) is 2.26. The van der Waals surface area contributed by atoms with Crippen molar-refractivity contribution in [3.63, 3.8) is 0 Å². The van der Waals surface area contributed by atoms with Crippen LogP contribution in [0.3, 0.4) is 0 Å². The Hall–Kier alpha value is -1.23. The van der Waals surface area contributed by atoms with Crippen LogP contribution in [0.2, 0.25) is 0 Å². The van der Waals surface area contributed by atoms with Gasteiger partial charge in [0.1, 0.15) is 0 Å². The molecule has 15 heavy (non-hydrogen) atoms. The van der Waals surface area contributed by atoms with Crippen LogP contribution in [-0.2, 0) is 4.74 Å². The van der Waals surface area contributed by atoms with Gasteiger partial charge in [-0.25, -0.2) is 9.78 Å². The van der Waals surface area contributed by atoms with Crippen molar-refractivity contribution in [1.82, 2.24) is 4.98 Å². The fourth-order valence-electron chi connectivity index (χ4n) is 1.11. The smallest absolute Gasteiger partial charge is 0.357 e. The molecule has 0 atom stereocenters. The molecule has 0 saturated carbocycles. The van der Waals surface area contributed by atoms with E-state index in [0.717, 1.165) is 0 Å². The third kappa shape index (κ3) is 2.62. The number of esters is 1. The van der Waals surface area contributed by atoms with Crippen molar-refractivity contribution in [2.75, 3.05) is 12.4 Å². The number of aryl methyl sites for hydroxylation is 1. The number of rotatable bonds is 3. The minimum Gasteiger partial charge on any atom is -0.464 e. The normalized spacial score (nSPS) is 9.80. The van der Waals surface area contributed by atoms with Gasteiger partial charge in [-0.3, -0.25) is 4.79 Å². The minimum absolute atomic E-state index is 0.0713. The quantitative estimate of drug-likeness (QED) is 0.478. The Labute approximate surface area is 95.8 Å². The Balaban J connectivity index is 3.26. The van der Waals surface area contributed by atoms with E-state index in [-0.39, 0.29) is 22.4 Å². The van der Waals surface area contributed by atoms with Crippen LogP contribution in [0.25, 0.3) is 0 Å². The van der Waals surface area contributed by atoms with Crippen LogP contribution >= 0.6 is 15.9 Å². The summed E-state index contributed by atoms with van der Waals surface area (Å²) >= 11 is 3.05. The van der Waals surface area contributed by atoms with Gasteiger partial charge >= 0.3 is 5.97 Å². The number of Topliss-reactive ketones (excluding diaryl/α,β-unsaturated/α-hetero) is 1. The highest BCUT2D eigenvalue weighted by atomic mass is 79.9. The number of halogens is 1. The van der Waals surface area contributed by atoms with E-state index in [9.17, 15) is 9.59 Å². The van der Waals surface area contributed by atoms with Crippen molar-refractivity contribution >= 4 is 27.7 Å². The van der Waals surface area contributed by atoms with Gasteiger partial charge in [0.05, 0.1) is 18.0 Å². The van der Waals surface area contributed by atoms with E-state index in [1.165, 1.54) is 7.11 Å². The highest BCUT2D eigenvalue weighted by molar-refractivity contribution is 9.09. The molecule has 1 aromatic rings. The number of ether oxygens (including phenoxy) is 1. The van der Waals surface area contributed by atoms with E-state index in [4.69, 9.17) is 0 Å². The number of ketones is 1. The maximum Gasteiger partial charge on any atom is 0.357 e. The summed E-state index contributed by atoms with van der Waals surface area (Å²) in [6.45, 7) is 1.74. The number of alkyl halides is 1. The molecule has 80 valence electrons. The standard InChI is InChI=1S/C10H10BrNO3/c1-6-3-4-7(8(13)5-11)9(12-6)10(14)15-2/h3-4H,5H2,1-2H3. The van der Waals surface area contributed by atoms with E-state index in [2.05, 4.69) is 25.7 Å². The first kappa shape index (κ1) is 11.8. The van der Waals surface area contributed by atoms with Gasteiger partial charge in [0.15, 0.2) is 11.5 Å². The third-order valence-electron chi connectivity index (χ3n) is 1.84. The van der Waals surface area contributed by atoms with Crippen molar-refractivity contribution in [3.05, 3.63) is 29.1 Å². The molecule has 1 aromatic heterocycles. The Bertz CT molecular complexity index is 404. The molecule has 5 heteroatoms. The first-order chi connectivity index (χ1) is 7.10. The number of pyridine rings is 1. The monoisotopic (exact) mass is 271 g/mol. The molecule has 0 radical (unpaired) electrons. The maximum atomic E-state index is 11.5. The number of methoxy groups -OCH3 is 1. The molecule has 0 spiro atoms. The number of carbonyl (C=O) groups excluding carboxylic acids is 2. The average molecular weight is 272 g/mol. The minimum atomic E-state index is -0.594. The summed E-state index contributed by atoms with van der Waals surface area (Å²) in [5.74, 6) is -0.786. The first-order valence-electron chi connectivity index (χ1n) is 4.25. The van der Waals surface area contributed by atoms with E-state index < -0.39 is 5.97 Å². The molecule has 0 aromatic carbocycles. The molecule has 0 aliphatic heterocycles. The second-order valence-corrected chi connectivity index (χ2v) is 3.46. The number of aromatic nitrogens is 1. The van der Waals surface area contributed by atoms with Gasteiger partial charge in [0.25, 0.3) is 0 Å². The molecule has 0 bridgehead atoms. The largest absolute Gasteiger partial charge is 0.464 e. The van der Waals surface area contributed by atoms with Gasteiger partial charge in [-0.2, -0.15) is 0 Å². The molecule has 0 aliphatic carbocycles. The maximum absolute atomic E-state index is 11.5. The van der Waals surface area contributed by atoms with Gasteiger partial charge < -0.3 is 4.74 Å². The predicted octanol–water partition coefficient (Wildman–Crippen LogP) is 1.75. The van der Waals surface area contributed by atoms with Crippen LogP contribution in [0, 0.1) is 6.92 Å². The van der Waals surface area contributed by atoms with E-state index in [0.29, 0.717) is 5.69 Å². The van der Waals surface area contributed by atoms with Crippen molar-refractivity contribution < 1.29 is 14.3 Å². The number of hydrogen-bond donors (Lipinski definition) is 0. The zero-order chi connectivity index (χ0) is 11.4. The van der Waals surface area contributed by atoms with Crippen molar-refractivity contribution in [1.29, 1.82) is 0 Å². The Morgan fingerprint density at radius 3 is 2.67 bits per heavy atom. The first-order valence-corrected chi connectivity index (χ1v) is 5.37. The summed E-state index contributed by atoms with van der Waals surface area (Å²) in [6.07, 6.45) is 0. The summed E-state index contributed by atoms with van der Waals surface area (Å²) in [5.41, 5.74) is 1.02. The lowest BCUT2D eigenvalue weighted by atomic mass is 10.1. The van der Waals surface area contributed by atoms with Crippen molar-refractivity contribution in [2.45, 2.75) is 6.92 Å². The van der Waals surface area contributed by atoms with Crippen molar-refractivity contribution in [2.24, 2.45) is 0 Å². The van der Waals surface area contributed by atoms with E-state index in [1.54, 1.807) is 19.1 Å². The summed E-state index contributed by atoms with van der Waals surface area (Å²) < 4.78 is 4.56. The highest BCUT2D eigenvalue weighted by Crippen LogP contribution is 2.11. The molecule has 0 fully saturated rings. The van der Waals surface area contributed by atoms with Crippen LogP contribution in [-0.4, -0.2) is 29.2 Å². The zero-order valence-corrected chi connectivity index (χ0v) is 10.00. The molecule has 0 unspecified atom stereocenters. The molecule has 0 N–H and O–H groups in total. The Morgan fingerprint density at radius 1 is 1.47 bits per heavy atom. The van der Waals surface area contributed by atoms with E-state index in [1.807, 2.05) is 0 Å². The van der Waals surface area contributed by atoms with Gasteiger partial charge in [-0.15, -0.1) is 0 Å². The van der Waals surface area contributed by atoms with Gasteiger partial charge in [-0.05, 0) is 19.1 Å². The Morgan fingerprint density at radius 2 is 2.13 bits per heavy atom. The fourth-order valence-corrected chi connectivity index (χ4v) is 1.41. The molecule has 4 nitrogen and oxygen atoms in total. The van der Waals surface area contributed by atoms with Crippen LogP contribution in [0.5, 0.6) is 0 Å². The number of hydrogen-bond acceptors (Lipinski definition) is 4. The van der Waals surface area contributed by atoms with Gasteiger partial charge in [-0.1, -0.05) is 15.9 Å². The topological polar surface area (TPSA) is 56.3 Å². The number of nitrogens with zero attached hydrogens (tertiary/aromatic N) is 1. The lowest BCUT2D eigenvalue weighted by molar-refractivity contribution is 0.0590. The second kappa shape index (κ2) is 5.02. The van der Waals surface area contributed by atoms with Crippen LogP contribution in [0.1, 0.15) is 26.5 Å². The van der Waals surface area contributed by atoms with Gasteiger partial charge in [0.2, 0.25) is 0 Å². The predicted molar refractivity (Wildman–Crippen MR) is 58.4 cm³/mol. The lowest BCUT2D eigenvalue weighted by Gasteiger charge is -2.05. The molecule has 1 rings (SSSR count). The molecule has 0 saturated heterocycles. The fraction of sp³-hybridized carbons (Fsp3) is 0.300. The zero-order valence-electron chi connectivity index (χ0n) is 8.41. The number of carbonyl (C=O) groups is 2. The Kier molecular flexibility index (Phi) is 3.96. The molecular weight excluding hydrogens is 262 g/mol. The molecule has 0 amide bonds. The summed E-state index contributed by atoms with van der Waals surface area (Å²) in [6, 6.07) is 3.26.